The topological polar surface area (TPSA) is 115 Å². The van der Waals surface area contributed by atoms with Gasteiger partial charge in [0.1, 0.15) is 28.7 Å². The molecule has 0 radical (unpaired) electrons. The fourth-order valence-electron chi connectivity index (χ4n) is 4.29. The van der Waals surface area contributed by atoms with Crippen LogP contribution in [-0.2, 0) is 14.3 Å². The standard InChI is InChI=1S/C29H28N2O7S/c1-6-14-38-20-12-13-21(16(3)15-20)24(32)22-23(18-8-10-19(36-5)11-9-18)31(27(34)25(22)33)29-30-17(4)26(39-29)28(35)37-7-2/h6,8-13,15,23,32H,1,7,14H2,2-5H3/t23-/m1/s1. The maximum absolute atomic E-state index is 13.5. The van der Waals surface area contributed by atoms with Gasteiger partial charge in [-0.25, -0.2) is 9.78 Å². The third-order valence-corrected chi connectivity index (χ3v) is 7.29. The first kappa shape index (κ1) is 27.6. The minimum atomic E-state index is -1.01. The fourth-order valence-corrected chi connectivity index (χ4v) is 5.28. The molecular formula is C29H28N2O7S. The van der Waals surface area contributed by atoms with Crippen molar-refractivity contribution in [2.45, 2.75) is 26.8 Å². The molecule has 1 aromatic heterocycles. The maximum atomic E-state index is 13.5. The number of ether oxygens (including phenoxy) is 3. The largest absolute Gasteiger partial charge is 0.507 e. The van der Waals surface area contributed by atoms with Crippen molar-refractivity contribution in [3.8, 4) is 11.5 Å². The Kier molecular flexibility index (Phi) is 8.15. The van der Waals surface area contributed by atoms with E-state index in [-0.39, 0.29) is 27.9 Å². The number of carbonyl (C=O) groups is 3. The van der Waals surface area contributed by atoms with Gasteiger partial charge in [0.05, 0.1) is 31.0 Å². The molecule has 0 saturated carbocycles. The molecule has 1 fully saturated rings. The highest BCUT2D eigenvalue weighted by Crippen LogP contribution is 2.44. The monoisotopic (exact) mass is 548 g/mol. The van der Waals surface area contributed by atoms with Crippen molar-refractivity contribution in [1.82, 2.24) is 4.98 Å². The summed E-state index contributed by atoms with van der Waals surface area (Å²) in [5.41, 5.74) is 1.84. The molecule has 1 amide bonds. The van der Waals surface area contributed by atoms with Gasteiger partial charge in [-0.2, -0.15) is 0 Å². The first-order valence-corrected chi connectivity index (χ1v) is 13.0. The number of anilines is 1. The first-order valence-electron chi connectivity index (χ1n) is 12.2. The Morgan fingerprint density at radius 1 is 1.15 bits per heavy atom. The van der Waals surface area contributed by atoms with Gasteiger partial charge in [-0.3, -0.25) is 14.5 Å². The molecular weight excluding hydrogens is 520 g/mol. The number of aliphatic hydroxyl groups is 1. The summed E-state index contributed by atoms with van der Waals surface area (Å²) >= 11 is 0.953. The second-order valence-corrected chi connectivity index (χ2v) is 9.63. The summed E-state index contributed by atoms with van der Waals surface area (Å²) in [6, 6.07) is 10.8. The van der Waals surface area contributed by atoms with Gasteiger partial charge in [-0.05, 0) is 62.2 Å². The van der Waals surface area contributed by atoms with Crippen LogP contribution < -0.4 is 14.4 Å². The summed E-state index contributed by atoms with van der Waals surface area (Å²) in [6.07, 6.45) is 1.62. The van der Waals surface area contributed by atoms with E-state index < -0.39 is 23.7 Å². The van der Waals surface area contributed by atoms with Crippen LogP contribution in [-0.4, -0.2) is 48.1 Å². The van der Waals surface area contributed by atoms with Gasteiger partial charge in [0.15, 0.2) is 5.13 Å². The molecule has 202 valence electrons. The zero-order valence-corrected chi connectivity index (χ0v) is 22.8. The van der Waals surface area contributed by atoms with Crippen molar-refractivity contribution in [2.24, 2.45) is 0 Å². The van der Waals surface area contributed by atoms with Crippen LogP contribution in [0.4, 0.5) is 5.13 Å². The van der Waals surface area contributed by atoms with Crippen molar-refractivity contribution in [1.29, 1.82) is 0 Å². The lowest BCUT2D eigenvalue weighted by Crippen LogP contribution is -2.29. The van der Waals surface area contributed by atoms with E-state index in [9.17, 15) is 19.5 Å². The minimum Gasteiger partial charge on any atom is -0.507 e. The van der Waals surface area contributed by atoms with Crippen LogP contribution in [0.2, 0.25) is 0 Å². The number of rotatable bonds is 9. The highest BCUT2D eigenvalue weighted by atomic mass is 32.1. The molecule has 0 bridgehead atoms. The van der Waals surface area contributed by atoms with E-state index in [1.54, 1.807) is 69.3 Å². The molecule has 9 nitrogen and oxygen atoms in total. The molecule has 1 aliphatic heterocycles. The number of Topliss-reactive ketones (excluding diaryl/α,β-unsaturated/α-hetero) is 1. The van der Waals surface area contributed by atoms with Crippen LogP contribution in [0.15, 0.2) is 60.7 Å². The number of hydrogen-bond donors (Lipinski definition) is 1. The number of hydrogen-bond acceptors (Lipinski definition) is 9. The third kappa shape index (κ3) is 5.28. The van der Waals surface area contributed by atoms with Crippen LogP contribution in [0, 0.1) is 13.8 Å². The minimum absolute atomic E-state index is 0.0986. The van der Waals surface area contributed by atoms with Gasteiger partial charge in [0.25, 0.3) is 5.78 Å². The number of esters is 1. The quantitative estimate of drug-likeness (QED) is 0.129. The lowest BCUT2D eigenvalue weighted by atomic mass is 9.94. The molecule has 2 heterocycles. The van der Waals surface area contributed by atoms with Crippen LogP contribution in [0.3, 0.4) is 0 Å². The van der Waals surface area contributed by atoms with Crippen LogP contribution in [0.5, 0.6) is 11.5 Å². The van der Waals surface area contributed by atoms with Crippen molar-refractivity contribution < 1.29 is 33.7 Å². The zero-order valence-electron chi connectivity index (χ0n) is 22.0. The number of nitrogens with zero attached hydrogens (tertiary/aromatic N) is 2. The highest BCUT2D eigenvalue weighted by molar-refractivity contribution is 7.17. The summed E-state index contributed by atoms with van der Waals surface area (Å²) < 4.78 is 16.0. The van der Waals surface area contributed by atoms with E-state index >= 15 is 0 Å². The highest BCUT2D eigenvalue weighted by Gasteiger charge is 2.48. The van der Waals surface area contributed by atoms with Crippen molar-refractivity contribution in [3.63, 3.8) is 0 Å². The third-order valence-electron chi connectivity index (χ3n) is 6.15. The summed E-state index contributed by atoms with van der Waals surface area (Å²) in [5, 5.41) is 11.6. The van der Waals surface area contributed by atoms with Crippen LogP contribution >= 0.6 is 11.3 Å². The Balaban J connectivity index is 1.88. The predicted octanol–water partition coefficient (Wildman–Crippen LogP) is 5.14. The van der Waals surface area contributed by atoms with Gasteiger partial charge < -0.3 is 19.3 Å². The second kappa shape index (κ2) is 11.5. The molecule has 0 unspecified atom stereocenters. The molecule has 39 heavy (non-hydrogen) atoms. The van der Waals surface area contributed by atoms with Gasteiger partial charge in [0.2, 0.25) is 0 Å². The van der Waals surface area contributed by atoms with E-state index in [0.717, 1.165) is 11.3 Å². The second-order valence-electron chi connectivity index (χ2n) is 8.65. The normalized spacial score (nSPS) is 16.3. The Hall–Kier alpha value is -4.44. The SMILES string of the molecule is C=CCOc1ccc(C(O)=C2C(=O)C(=O)N(c3nc(C)c(C(=O)OCC)s3)[C@@H]2c2ccc(OC)cc2)c(C)c1. The van der Waals surface area contributed by atoms with Crippen LogP contribution in [0.25, 0.3) is 5.76 Å². The summed E-state index contributed by atoms with van der Waals surface area (Å²) in [7, 11) is 1.53. The zero-order chi connectivity index (χ0) is 28.3. The van der Waals surface area contributed by atoms with Crippen molar-refractivity contribution in [2.75, 3.05) is 25.2 Å². The molecule has 0 aliphatic carbocycles. The molecule has 1 aliphatic rings. The molecule has 1 atom stereocenters. The first-order chi connectivity index (χ1) is 18.7. The smallest absolute Gasteiger partial charge is 0.350 e. The van der Waals surface area contributed by atoms with Crippen molar-refractivity contribution in [3.05, 3.63) is 88.0 Å². The van der Waals surface area contributed by atoms with Gasteiger partial charge >= 0.3 is 11.9 Å². The number of ketones is 1. The molecule has 0 spiro atoms. The van der Waals surface area contributed by atoms with E-state index in [4.69, 9.17) is 14.2 Å². The average Bonchev–Trinajstić information content (AvgIpc) is 3.43. The number of carbonyl (C=O) groups excluding carboxylic acids is 3. The molecule has 10 heteroatoms. The number of aromatic nitrogens is 1. The number of thiazole rings is 1. The Morgan fingerprint density at radius 3 is 2.46 bits per heavy atom. The predicted molar refractivity (Wildman–Crippen MR) is 147 cm³/mol. The Morgan fingerprint density at radius 2 is 1.85 bits per heavy atom. The van der Waals surface area contributed by atoms with E-state index in [1.807, 2.05) is 0 Å². The average molecular weight is 549 g/mol. The maximum Gasteiger partial charge on any atom is 0.350 e. The van der Waals surface area contributed by atoms with E-state index in [1.165, 1.54) is 12.0 Å². The molecule has 2 aromatic carbocycles. The number of benzene rings is 2. The molecule has 4 rings (SSSR count). The van der Waals surface area contributed by atoms with Crippen molar-refractivity contribution >= 4 is 39.9 Å². The van der Waals surface area contributed by atoms with Gasteiger partial charge in [-0.1, -0.05) is 36.1 Å². The Labute approximate surface area is 230 Å². The van der Waals surface area contributed by atoms with Gasteiger partial charge in [0, 0.05) is 5.56 Å². The number of amides is 1. The molecule has 1 N–H and O–H groups in total. The molecule has 1 saturated heterocycles. The fraction of sp³-hybridized carbons (Fsp3) is 0.241. The lowest BCUT2D eigenvalue weighted by Gasteiger charge is -2.23. The number of aryl methyl sites for hydroxylation is 2. The van der Waals surface area contributed by atoms with Gasteiger partial charge in [-0.15, -0.1) is 0 Å². The summed E-state index contributed by atoms with van der Waals surface area (Å²) in [6.45, 7) is 9.22. The molecule has 3 aromatic rings. The van der Waals surface area contributed by atoms with E-state index in [2.05, 4.69) is 11.6 Å². The summed E-state index contributed by atoms with van der Waals surface area (Å²) in [5.74, 6) is -1.48. The summed E-state index contributed by atoms with van der Waals surface area (Å²) in [4.78, 5) is 45.3. The van der Waals surface area contributed by atoms with Crippen LogP contribution in [0.1, 0.15) is 45.0 Å². The number of methoxy groups -OCH3 is 1. The number of aliphatic hydroxyl groups excluding tert-OH is 1. The van der Waals surface area contributed by atoms with E-state index in [0.29, 0.717) is 40.5 Å². The Bertz CT molecular complexity index is 1470. The lowest BCUT2D eigenvalue weighted by molar-refractivity contribution is -0.132.